The highest BCUT2D eigenvalue weighted by molar-refractivity contribution is 5.94. The molecule has 7 heteroatoms. The maximum atomic E-state index is 11.8. The van der Waals surface area contributed by atoms with E-state index in [4.69, 9.17) is 0 Å². The van der Waals surface area contributed by atoms with Gasteiger partial charge in [0, 0.05) is 45.1 Å². The number of hydrogen-bond acceptors (Lipinski definition) is 3. The summed E-state index contributed by atoms with van der Waals surface area (Å²) in [5.41, 5.74) is 3.99. The first-order valence-corrected chi connectivity index (χ1v) is 9.53. The SMILES string of the molecule is CN=C(NCCc1cccc(C(=O)NC)c1)NCc1ccccc1-n1ccnc1. The summed E-state index contributed by atoms with van der Waals surface area (Å²) in [6.07, 6.45) is 6.28. The molecule has 0 unspecified atom stereocenters. The number of aromatic nitrogens is 2. The fraction of sp³-hybridized carbons (Fsp3) is 0.227. The van der Waals surface area contributed by atoms with Crippen LogP contribution >= 0.6 is 0 Å². The highest BCUT2D eigenvalue weighted by atomic mass is 16.1. The average Bonchev–Trinajstić information content (AvgIpc) is 3.30. The number of carbonyl (C=O) groups is 1. The van der Waals surface area contributed by atoms with Crippen molar-refractivity contribution < 1.29 is 4.79 Å². The van der Waals surface area contributed by atoms with E-state index in [-0.39, 0.29) is 5.91 Å². The fourth-order valence-corrected chi connectivity index (χ4v) is 3.05. The quantitative estimate of drug-likeness (QED) is 0.426. The Labute approximate surface area is 170 Å². The maximum Gasteiger partial charge on any atom is 0.251 e. The van der Waals surface area contributed by atoms with Crippen LogP contribution in [0.2, 0.25) is 0 Å². The van der Waals surface area contributed by atoms with E-state index in [9.17, 15) is 4.79 Å². The second kappa shape index (κ2) is 10.1. The topological polar surface area (TPSA) is 83.3 Å². The molecular weight excluding hydrogens is 364 g/mol. The van der Waals surface area contributed by atoms with Crippen LogP contribution in [-0.4, -0.2) is 42.1 Å². The van der Waals surface area contributed by atoms with E-state index < -0.39 is 0 Å². The van der Waals surface area contributed by atoms with E-state index in [0.717, 1.165) is 29.2 Å². The second-order valence-electron chi connectivity index (χ2n) is 6.48. The van der Waals surface area contributed by atoms with Gasteiger partial charge in [-0.2, -0.15) is 0 Å². The van der Waals surface area contributed by atoms with Gasteiger partial charge in [-0.15, -0.1) is 0 Å². The Morgan fingerprint density at radius 2 is 2.00 bits per heavy atom. The second-order valence-corrected chi connectivity index (χ2v) is 6.48. The van der Waals surface area contributed by atoms with Crippen LogP contribution in [0.5, 0.6) is 0 Å². The molecule has 29 heavy (non-hydrogen) atoms. The van der Waals surface area contributed by atoms with Crippen LogP contribution in [0.15, 0.2) is 72.2 Å². The zero-order valence-corrected chi connectivity index (χ0v) is 16.7. The van der Waals surface area contributed by atoms with Crippen molar-refractivity contribution in [1.82, 2.24) is 25.5 Å². The normalized spacial score (nSPS) is 11.2. The minimum Gasteiger partial charge on any atom is -0.356 e. The van der Waals surface area contributed by atoms with E-state index in [0.29, 0.717) is 18.7 Å². The molecule has 150 valence electrons. The predicted octanol–water partition coefficient (Wildman–Crippen LogP) is 2.14. The highest BCUT2D eigenvalue weighted by Gasteiger charge is 2.06. The zero-order valence-electron chi connectivity index (χ0n) is 16.7. The Bertz CT molecular complexity index is 965. The summed E-state index contributed by atoms with van der Waals surface area (Å²) >= 11 is 0. The van der Waals surface area contributed by atoms with Crippen molar-refractivity contribution in [2.24, 2.45) is 4.99 Å². The molecule has 0 bridgehead atoms. The van der Waals surface area contributed by atoms with Crippen molar-refractivity contribution in [3.63, 3.8) is 0 Å². The van der Waals surface area contributed by atoms with E-state index in [1.165, 1.54) is 0 Å². The molecule has 3 rings (SSSR count). The Kier molecular flexibility index (Phi) is 7.00. The summed E-state index contributed by atoms with van der Waals surface area (Å²) < 4.78 is 1.99. The minimum atomic E-state index is -0.0751. The van der Waals surface area contributed by atoms with Gasteiger partial charge in [0.2, 0.25) is 0 Å². The van der Waals surface area contributed by atoms with Crippen molar-refractivity contribution in [3.8, 4) is 5.69 Å². The summed E-state index contributed by atoms with van der Waals surface area (Å²) in [5, 5.41) is 9.33. The Balaban J connectivity index is 1.54. The van der Waals surface area contributed by atoms with Gasteiger partial charge in [-0.05, 0) is 35.7 Å². The predicted molar refractivity (Wildman–Crippen MR) is 115 cm³/mol. The van der Waals surface area contributed by atoms with Gasteiger partial charge in [0.1, 0.15) is 0 Å². The van der Waals surface area contributed by atoms with Gasteiger partial charge in [-0.25, -0.2) is 4.98 Å². The molecule has 3 N–H and O–H groups in total. The van der Waals surface area contributed by atoms with Gasteiger partial charge >= 0.3 is 0 Å². The molecule has 0 aliphatic heterocycles. The summed E-state index contributed by atoms with van der Waals surface area (Å²) in [4.78, 5) is 20.2. The third-order valence-corrected chi connectivity index (χ3v) is 4.57. The van der Waals surface area contributed by atoms with Gasteiger partial charge in [-0.1, -0.05) is 30.3 Å². The summed E-state index contributed by atoms with van der Waals surface area (Å²) in [5.74, 6) is 0.654. The lowest BCUT2D eigenvalue weighted by atomic mass is 10.1. The molecule has 0 spiro atoms. The van der Waals surface area contributed by atoms with Crippen LogP contribution in [0.1, 0.15) is 21.5 Å². The molecule has 1 amide bonds. The molecule has 0 atom stereocenters. The fourth-order valence-electron chi connectivity index (χ4n) is 3.05. The Hall–Kier alpha value is -3.61. The molecule has 7 nitrogen and oxygen atoms in total. The number of nitrogens with one attached hydrogen (secondary N) is 3. The van der Waals surface area contributed by atoms with Crippen molar-refractivity contribution in [2.45, 2.75) is 13.0 Å². The number of nitrogens with zero attached hydrogens (tertiary/aromatic N) is 3. The summed E-state index contributed by atoms with van der Waals surface area (Å²) in [6, 6.07) is 15.8. The van der Waals surface area contributed by atoms with Gasteiger partial charge < -0.3 is 20.5 Å². The molecular formula is C22H26N6O. The first-order chi connectivity index (χ1) is 14.2. The van der Waals surface area contributed by atoms with Gasteiger partial charge in [-0.3, -0.25) is 9.79 Å². The number of benzene rings is 2. The number of aliphatic imine (C=N–C) groups is 1. The van der Waals surface area contributed by atoms with Crippen LogP contribution in [0.25, 0.3) is 5.69 Å². The zero-order chi connectivity index (χ0) is 20.5. The molecule has 0 radical (unpaired) electrons. The van der Waals surface area contributed by atoms with Crippen molar-refractivity contribution in [3.05, 3.63) is 83.9 Å². The smallest absolute Gasteiger partial charge is 0.251 e. The molecule has 1 aromatic heterocycles. The largest absolute Gasteiger partial charge is 0.356 e. The van der Waals surface area contributed by atoms with E-state index in [2.05, 4.69) is 38.1 Å². The standard InChI is InChI=1S/C22H26N6O/c1-23-21(29)18-8-5-6-17(14-18)10-11-26-22(24-2)27-15-19-7-3-4-9-20(19)28-13-12-25-16-28/h3-9,12-14,16H,10-11,15H2,1-2H3,(H,23,29)(H2,24,26,27). The lowest BCUT2D eigenvalue weighted by Crippen LogP contribution is -2.38. The molecule has 0 fully saturated rings. The van der Waals surface area contributed by atoms with Crippen molar-refractivity contribution >= 4 is 11.9 Å². The average molecular weight is 390 g/mol. The minimum absolute atomic E-state index is 0.0751. The highest BCUT2D eigenvalue weighted by Crippen LogP contribution is 2.13. The van der Waals surface area contributed by atoms with Crippen LogP contribution in [0.3, 0.4) is 0 Å². The van der Waals surface area contributed by atoms with Crippen LogP contribution < -0.4 is 16.0 Å². The first kappa shape index (κ1) is 20.1. The Morgan fingerprint density at radius 3 is 2.76 bits per heavy atom. The number of carbonyl (C=O) groups excluding carboxylic acids is 1. The van der Waals surface area contributed by atoms with Gasteiger partial charge in [0.05, 0.1) is 12.0 Å². The number of rotatable bonds is 7. The maximum absolute atomic E-state index is 11.8. The van der Waals surface area contributed by atoms with Crippen LogP contribution in [0.4, 0.5) is 0 Å². The molecule has 0 aliphatic rings. The number of amides is 1. The monoisotopic (exact) mass is 390 g/mol. The number of guanidine groups is 1. The van der Waals surface area contributed by atoms with Gasteiger partial charge in [0.15, 0.2) is 5.96 Å². The van der Waals surface area contributed by atoms with E-state index in [1.54, 1.807) is 26.6 Å². The number of para-hydroxylation sites is 1. The van der Waals surface area contributed by atoms with Crippen LogP contribution in [0, 0.1) is 0 Å². The number of hydrogen-bond donors (Lipinski definition) is 3. The lowest BCUT2D eigenvalue weighted by Gasteiger charge is -2.14. The molecule has 0 saturated heterocycles. The lowest BCUT2D eigenvalue weighted by molar-refractivity contribution is 0.0963. The molecule has 3 aromatic rings. The number of imidazole rings is 1. The Morgan fingerprint density at radius 1 is 1.14 bits per heavy atom. The third-order valence-electron chi connectivity index (χ3n) is 4.57. The van der Waals surface area contributed by atoms with Crippen LogP contribution in [-0.2, 0) is 13.0 Å². The molecule has 2 aromatic carbocycles. The van der Waals surface area contributed by atoms with Crippen molar-refractivity contribution in [2.75, 3.05) is 20.6 Å². The first-order valence-electron chi connectivity index (χ1n) is 9.53. The summed E-state index contributed by atoms with van der Waals surface area (Å²) in [7, 11) is 3.39. The van der Waals surface area contributed by atoms with E-state index >= 15 is 0 Å². The van der Waals surface area contributed by atoms with Crippen molar-refractivity contribution in [1.29, 1.82) is 0 Å². The summed E-state index contributed by atoms with van der Waals surface area (Å²) in [6.45, 7) is 1.35. The third kappa shape index (κ3) is 5.44. The van der Waals surface area contributed by atoms with E-state index in [1.807, 2.05) is 47.2 Å². The molecule has 1 heterocycles. The molecule has 0 saturated carbocycles. The molecule has 0 aliphatic carbocycles. The van der Waals surface area contributed by atoms with Gasteiger partial charge in [0.25, 0.3) is 5.91 Å².